The highest BCUT2D eigenvalue weighted by molar-refractivity contribution is 7.09. The molecule has 0 aliphatic heterocycles. The van der Waals surface area contributed by atoms with Gasteiger partial charge in [-0.05, 0) is 36.1 Å². The van der Waals surface area contributed by atoms with Crippen molar-refractivity contribution in [1.82, 2.24) is 5.32 Å². The number of carbonyl (C=O) groups is 2. The number of ether oxygens (including phenoxy) is 3. The van der Waals surface area contributed by atoms with Crippen LogP contribution in [0.3, 0.4) is 0 Å². The van der Waals surface area contributed by atoms with E-state index in [1.54, 1.807) is 23.5 Å². The minimum atomic E-state index is -0.629. The molecule has 0 saturated heterocycles. The van der Waals surface area contributed by atoms with Crippen LogP contribution < -0.4 is 14.8 Å². The number of nitrogens with one attached hydrogen (secondary N) is 1. The predicted molar refractivity (Wildman–Crippen MR) is 100 cm³/mol. The largest absolute Gasteiger partial charge is 0.493 e. The van der Waals surface area contributed by atoms with Crippen LogP contribution in [-0.4, -0.2) is 32.2 Å². The van der Waals surface area contributed by atoms with Crippen molar-refractivity contribution in [2.45, 2.75) is 13.5 Å². The Morgan fingerprint density at radius 2 is 2.04 bits per heavy atom. The number of allylic oxidation sites excluding steroid dienone is 1. The number of thiophene rings is 1. The fourth-order valence-corrected chi connectivity index (χ4v) is 2.72. The van der Waals surface area contributed by atoms with Crippen LogP contribution in [-0.2, 0) is 20.9 Å². The molecule has 0 atom stereocenters. The Balaban J connectivity index is 1.75. The first-order valence-electron chi connectivity index (χ1n) is 8.00. The normalized spacial score (nSPS) is 10.5. The molecule has 1 heterocycles. The van der Waals surface area contributed by atoms with Crippen molar-refractivity contribution < 1.29 is 23.8 Å². The number of benzene rings is 1. The Morgan fingerprint density at radius 1 is 1.19 bits per heavy atom. The lowest BCUT2D eigenvalue weighted by Gasteiger charge is -2.11. The number of amides is 1. The minimum absolute atomic E-state index is 0.308. The lowest BCUT2D eigenvalue weighted by Crippen LogP contribution is -2.29. The minimum Gasteiger partial charge on any atom is -0.493 e. The molecule has 1 N–H and O–H groups in total. The van der Waals surface area contributed by atoms with Crippen molar-refractivity contribution in [3.63, 3.8) is 0 Å². The number of rotatable bonds is 9. The van der Waals surface area contributed by atoms with E-state index in [9.17, 15) is 9.59 Å². The second-order valence-electron chi connectivity index (χ2n) is 5.22. The Bertz CT molecular complexity index is 755. The molecule has 26 heavy (non-hydrogen) atoms. The zero-order valence-corrected chi connectivity index (χ0v) is 15.5. The SMILES string of the molecule is C/C=C/c1ccc(OCC(=O)OCC(=O)NCc2cccs2)c(OC)c1. The van der Waals surface area contributed by atoms with Gasteiger partial charge in [-0.3, -0.25) is 4.79 Å². The topological polar surface area (TPSA) is 73.9 Å². The molecule has 1 amide bonds. The molecule has 0 aliphatic rings. The van der Waals surface area contributed by atoms with Crippen LogP contribution in [0.15, 0.2) is 41.8 Å². The Morgan fingerprint density at radius 3 is 2.73 bits per heavy atom. The van der Waals surface area contributed by atoms with E-state index in [2.05, 4.69) is 5.32 Å². The van der Waals surface area contributed by atoms with E-state index in [0.717, 1.165) is 10.4 Å². The highest BCUT2D eigenvalue weighted by Crippen LogP contribution is 2.28. The van der Waals surface area contributed by atoms with Gasteiger partial charge in [0.1, 0.15) is 0 Å². The number of esters is 1. The van der Waals surface area contributed by atoms with Gasteiger partial charge in [0.25, 0.3) is 5.91 Å². The lowest BCUT2D eigenvalue weighted by atomic mass is 10.2. The van der Waals surface area contributed by atoms with Gasteiger partial charge in [0.15, 0.2) is 24.7 Å². The monoisotopic (exact) mass is 375 g/mol. The van der Waals surface area contributed by atoms with E-state index < -0.39 is 5.97 Å². The maximum atomic E-state index is 11.7. The van der Waals surface area contributed by atoms with Crippen molar-refractivity contribution in [3.8, 4) is 11.5 Å². The molecule has 0 fully saturated rings. The van der Waals surface area contributed by atoms with E-state index in [1.807, 2.05) is 42.7 Å². The molecule has 0 spiro atoms. The van der Waals surface area contributed by atoms with E-state index in [1.165, 1.54) is 7.11 Å². The molecule has 2 rings (SSSR count). The number of carbonyl (C=O) groups excluding carboxylic acids is 2. The van der Waals surface area contributed by atoms with Crippen LogP contribution >= 0.6 is 11.3 Å². The van der Waals surface area contributed by atoms with Crippen molar-refractivity contribution in [2.75, 3.05) is 20.3 Å². The summed E-state index contributed by atoms with van der Waals surface area (Å²) in [5, 5.41) is 4.61. The van der Waals surface area contributed by atoms with E-state index in [0.29, 0.717) is 18.0 Å². The summed E-state index contributed by atoms with van der Waals surface area (Å²) in [5.74, 6) is -0.0437. The fourth-order valence-electron chi connectivity index (χ4n) is 2.07. The third-order valence-electron chi connectivity index (χ3n) is 3.30. The molecule has 0 aliphatic carbocycles. The smallest absolute Gasteiger partial charge is 0.344 e. The molecule has 7 heteroatoms. The summed E-state index contributed by atoms with van der Waals surface area (Å²) in [5.41, 5.74) is 0.960. The summed E-state index contributed by atoms with van der Waals surface area (Å²) in [7, 11) is 1.53. The predicted octanol–water partition coefficient (Wildman–Crippen LogP) is 3.03. The van der Waals surface area contributed by atoms with Crippen LogP contribution in [0.2, 0.25) is 0 Å². The van der Waals surface area contributed by atoms with Crippen molar-refractivity contribution in [3.05, 3.63) is 52.2 Å². The second kappa shape index (κ2) is 10.2. The molecular weight excluding hydrogens is 354 g/mol. The number of hydrogen-bond donors (Lipinski definition) is 1. The molecule has 1 aromatic heterocycles. The first-order valence-corrected chi connectivity index (χ1v) is 8.88. The molecular formula is C19H21NO5S. The van der Waals surface area contributed by atoms with Crippen molar-refractivity contribution in [1.29, 1.82) is 0 Å². The third-order valence-corrected chi connectivity index (χ3v) is 4.17. The van der Waals surface area contributed by atoms with Crippen LogP contribution in [0.5, 0.6) is 11.5 Å². The van der Waals surface area contributed by atoms with Gasteiger partial charge in [0, 0.05) is 4.88 Å². The highest BCUT2D eigenvalue weighted by Gasteiger charge is 2.11. The first-order chi connectivity index (χ1) is 12.6. The van der Waals surface area contributed by atoms with Gasteiger partial charge in [0.05, 0.1) is 13.7 Å². The van der Waals surface area contributed by atoms with Crippen LogP contribution in [0, 0.1) is 0 Å². The Hall–Kier alpha value is -2.80. The van der Waals surface area contributed by atoms with Crippen LogP contribution in [0.1, 0.15) is 17.4 Å². The zero-order chi connectivity index (χ0) is 18.8. The van der Waals surface area contributed by atoms with E-state index in [4.69, 9.17) is 14.2 Å². The van der Waals surface area contributed by atoms with Gasteiger partial charge < -0.3 is 19.5 Å². The Labute approximate surface area is 156 Å². The van der Waals surface area contributed by atoms with Gasteiger partial charge in [-0.15, -0.1) is 11.3 Å². The molecule has 138 valence electrons. The van der Waals surface area contributed by atoms with Crippen LogP contribution in [0.4, 0.5) is 0 Å². The average molecular weight is 375 g/mol. The maximum Gasteiger partial charge on any atom is 0.344 e. The van der Waals surface area contributed by atoms with Gasteiger partial charge in [-0.1, -0.05) is 24.3 Å². The molecule has 2 aromatic rings. The van der Waals surface area contributed by atoms with E-state index >= 15 is 0 Å². The molecule has 0 unspecified atom stereocenters. The molecule has 6 nitrogen and oxygen atoms in total. The molecule has 0 radical (unpaired) electrons. The molecule has 0 saturated carbocycles. The summed E-state index contributed by atoms with van der Waals surface area (Å²) >= 11 is 1.54. The van der Waals surface area contributed by atoms with Gasteiger partial charge >= 0.3 is 5.97 Å². The maximum absolute atomic E-state index is 11.7. The summed E-state index contributed by atoms with van der Waals surface area (Å²) in [6.45, 7) is 1.69. The standard InChI is InChI=1S/C19H21NO5S/c1-3-5-14-7-8-16(17(10-14)23-2)24-13-19(22)25-12-18(21)20-11-15-6-4-9-26-15/h3-10H,11-13H2,1-2H3,(H,20,21)/b5-3+. The summed E-state index contributed by atoms with van der Waals surface area (Å²) in [4.78, 5) is 24.4. The average Bonchev–Trinajstić information content (AvgIpc) is 3.17. The Kier molecular flexibility index (Phi) is 7.70. The highest BCUT2D eigenvalue weighted by atomic mass is 32.1. The van der Waals surface area contributed by atoms with Crippen LogP contribution in [0.25, 0.3) is 6.08 Å². The summed E-state index contributed by atoms with van der Waals surface area (Å²) in [6.07, 6.45) is 3.84. The summed E-state index contributed by atoms with van der Waals surface area (Å²) < 4.78 is 15.6. The van der Waals surface area contributed by atoms with Gasteiger partial charge in [0.2, 0.25) is 0 Å². The van der Waals surface area contributed by atoms with Crippen molar-refractivity contribution >= 4 is 29.3 Å². The first kappa shape index (κ1) is 19.5. The fraction of sp³-hybridized carbons (Fsp3) is 0.263. The molecule has 1 aromatic carbocycles. The zero-order valence-electron chi connectivity index (χ0n) is 14.7. The third kappa shape index (κ3) is 6.25. The summed E-state index contributed by atoms with van der Waals surface area (Å²) in [6, 6.07) is 9.19. The number of methoxy groups -OCH3 is 1. The van der Waals surface area contributed by atoms with Gasteiger partial charge in [-0.2, -0.15) is 0 Å². The quantitative estimate of drug-likeness (QED) is 0.682. The number of hydrogen-bond acceptors (Lipinski definition) is 6. The van der Waals surface area contributed by atoms with E-state index in [-0.39, 0.29) is 19.1 Å². The molecule has 0 bridgehead atoms. The van der Waals surface area contributed by atoms with Gasteiger partial charge in [-0.25, -0.2) is 4.79 Å². The van der Waals surface area contributed by atoms with Crippen molar-refractivity contribution in [2.24, 2.45) is 0 Å². The lowest BCUT2D eigenvalue weighted by molar-refractivity contribution is -0.150. The second-order valence-corrected chi connectivity index (χ2v) is 6.25.